The Bertz CT molecular complexity index is 1120. The highest BCUT2D eigenvalue weighted by atomic mass is 35.5. The summed E-state index contributed by atoms with van der Waals surface area (Å²) in [4.78, 5) is 41.9. The van der Waals surface area contributed by atoms with Crippen LogP contribution in [0.1, 0.15) is 33.5 Å². The van der Waals surface area contributed by atoms with Crippen LogP contribution in [0.5, 0.6) is 0 Å². The number of nitrogens with one attached hydrogen (secondary N) is 1. The number of likely N-dealkylation sites (N-methyl/N-ethyl adjacent to an activating group) is 1. The van der Waals surface area contributed by atoms with Gasteiger partial charge in [0.2, 0.25) is 0 Å². The van der Waals surface area contributed by atoms with Gasteiger partial charge in [-0.05, 0) is 57.1 Å². The summed E-state index contributed by atoms with van der Waals surface area (Å²) in [6, 6.07) is 7.49. The number of halogens is 1. The molecule has 0 aliphatic heterocycles. The van der Waals surface area contributed by atoms with Crippen molar-refractivity contribution in [2.45, 2.75) is 32.7 Å². The first-order valence-corrected chi connectivity index (χ1v) is 10.3. The van der Waals surface area contributed by atoms with Crippen LogP contribution in [-0.4, -0.2) is 91.5 Å². The number of carbonyl (C=O) groups is 4. The largest absolute Gasteiger partial charge is 0.473 e. The normalized spacial score (nSPS) is 13.8. The fourth-order valence-corrected chi connectivity index (χ4v) is 2.68. The van der Waals surface area contributed by atoms with Gasteiger partial charge in [0, 0.05) is 41.7 Å². The molecule has 0 aliphatic carbocycles. The molecule has 6 N–H and O–H groups in total. The predicted molar refractivity (Wildman–Crippen MR) is 129 cm³/mol. The molecule has 1 atom stereocenters. The van der Waals surface area contributed by atoms with Crippen LogP contribution in [0.15, 0.2) is 30.5 Å². The average Bonchev–Trinajstić information content (AvgIpc) is 2.83. The van der Waals surface area contributed by atoms with Crippen LogP contribution in [0, 0.1) is 0 Å². The van der Waals surface area contributed by atoms with E-state index >= 15 is 0 Å². The van der Waals surface area contributed by atoms with Gasteiger partial charge in [-0.25, -0.2) is 19.2 Å². The second kappa shape index (κ2) is 17.0. The maximum Gasteiger partial charge on any atom is 0.414 e. The molecule has 1 aromatic carbocycles. The summed E-state index contributed by atoms with van der Waals surface area (Å²) >= 11 is 6.02. The van der Waals surface area contributed by atoms with E-state index in [4.69, 9.17) is 63.2 Å². The number of carboxylic acids is 4. The van der Waals surface area contributed by atoms with E-state index < -0.39 is 37.2 Å². The van der Waals surface area contributed by atoms with E-state index in [1.54, 1.807) is 12.3 Å². The van der Waals surface area contributed by atoms with Gasteiger partial charge in [0.25, 0.3) is 0 Å². The molecule has 35 heavy (non-hydrogen) atoms. The molecule has 0 amide bonds. The number of aliphatic hydroxyl groups excluding tert-OH is 1. The van der Waals surface area contributed by atoms with Crippen molar-refractivity contribution >= 4 is 52.1 Å². The fraction of sp³-hybridized carbons (Fsp3) is 0.409. The number of anilines is 1. The van der Waals surface area contributed by atoms with E-state index in [1.807, 2.05) is 25.1 Å². The van der Waals surface area contributed by atoms with Crippen LogP contribution in [0.25, 0.3) is 10.9 Å². The van der Waals surface area contributed by atoms with Crippen molar-refractivity contribution in [1.82, 2.24) is 9.88 Å². The standard InChI is InChI=1S/C18H26ClN3O.2C2H2O4/c1-3-22(11-12-23)10-4-5-14(2)21-17-8-9-20-18-13-15(19)6-7-16(17)18;2*3-1(4)2(5)6/h6-9,13-14,23H,3-5,10-12H2,1-2H3,(H,20,21);2*(H,3,4)(H,5,6)/i1D3,3D2;;. The van der Waals surface area contributed by atoms with Crippen molar-refractivity contribution in [3.05, 3.63) is 35.5 Å². The summed E-state index contributed by atoms with van der Waals surface area (Å²) < 4.78 is 38.0. The van der Waals surface area contributed by atoms with Gasteiger partial charge in [-0.15, -0.1) is 0 Å². The van der Waals surface area contributed by atoms with Crippen molar-refractivity contribution in [2.24, 2.45) is 0 Å². The van der Waals surface area contributed by atoms with Crippen LogP contribution in [0.2, 0.25) is 5.02 Å². The topological polar surface area (TPSA) is 198 Å². The highest BCUT2D eigenvalue weighted by Gasteiger charge is 2.08. The molecule has 0 saturated carbocycles. The number of aromatic nitrogens is 1. The minimum atomic E-state index is -2.77. The maximum absolute atomic E-state index is 9.17. The molecule has 0 aliphatic rings. The second-order valence-corrected chi connectivity index (χ2v) is 7.19. The van der Waals surface area contributed by atoms with Crippen LogP contribution in [0.4, 0.5) is 5.69 Å². The first kappa shape index (κ1) is 23.3. The number of hydrogen-bond acceptors (Lipinski definition) is 8. The zero-order valence-electron chi connectivity index (χ0n) is 23.6. The lowest BCUT2D eigenvalue weighted by atomic mass is 10.1. The number of hydrogen-bond donors (Lipinski definition) is 6. The summed E-state index contributed by atoms with van der Waals surface area (Å²) in [7, 11) is 0. The Morgan fingerprint density at radius 1 is 1.09 bits per heavy atom. The molecule has 0 saturated heterocycles. The number of rotatable bonds is 9. The Morgan fingerprint density at radius 3 is 2.20 bits per heavy atom. The van der Waals surface area contributed by atoms with Gasteiger partial charge in [-0.1, -0.05) is 18.5 Å². The minimum absolute atomic E-state index is 0.0249. The third-order valence-corrected chi connectivity index (χ3v) is 4.30. The van der Waals surface area contributed by atoms with Crippen LogP contribution in [0.3, 0.4) is 0 Å². The van der Waals surface area contributed by atoms with Crippen molar-refractivity contribution < 1.29 is 51.6 Å². The maximum atomic E-state index is 9.17. The summed E-state index contributed by atoms with van der Waals surface area (Å²) in [5.74, 6) is -7.30. The molecule has 1 unspecified atom stereocenters. The number of carboxylic acid groups (broad SMARTS) is 4. The zero-order valence-corrected chi connectivity index (χ0v) is 19.4. The average molecular weight is 521 g/mol. The Balaban J connectivity index is 0.00000106. The third-order valence-electron chi connectivity index (χ3n) is 4.07. The van der Waals surface area contributed by atoms with E-state index in [0.717, 1.165) is 16.6 Å². The number of aliphatic carboxylic acids is 4. The Morgan fingerprint density at radius 2 is 1.69 bits per heavy atom. The second-order valence-electron chi connectivity index (χ2n) is 6.75. The first-order valence-electron chi connectivity index (χ1n) is 12.4. The Hall–Kier alpha value is -3.48. The smallest absolute Gasteiger partial charge is 0.414 e. The van der Waals surface area contributed by atoms with E-state index in [2.05, 4.69) is 10.3 Å². The third kappa shape index (κ3) is 13.7. The van der Waals surface area contributed by atoms with E-state index in [9.17, 15) is 0 Å². The van der Waals surface area contributed by atoms with E-state index in [-0.39, 0.29) is 25.7 Å². The SMILES string of the molecule is O=C(O)C(=O)O.O=C(O)C(=O)O.[2H]C([2H])([2H])C([2H])([2H])N(CCO)CCCC(C)Nc1ccnc2cc(Cl)ccc12. The highest BCUT2D eigenvalue weighted by Crippen LogP contribution is 2.25. The number of pyridine rings is 1. The lowest BCUT2D eigenvalue weighted by Crippen LogP contribution is -2.28. The molecule has 2 rings (SSSR count). The monoisotopic (exact) mass is 520 g/mol. The molecule has 194 valence electrons. The van der Waals surface area contributed by atoms with Crippen molar-refractivity contribution in [3.8, 4) is 0 Å². The summed E-state index contributed by atoms with van der Waals surface area (Å²) in [6.07, 6.45) is 3.00. The van der Waals surface area contributed by atoms with Gasteiger partial charge >= 0.3 is 23.9 Å². The number of nitrogens with zero attached hydrogens (tertiary/aromatic N) is 2. The van der Waals surface area contributed by atoms with Gasteiger partial charge in [0.05, 0.1) is 12.1 Å². The molecule has 0 fully saturated rings. The molecule has 0 bridgehead atoms. The van der Waals surface area contributed by atoms with Crippen LogP contribution < -0.4 is 5.32 Å². The number of benzene rings is 1. The summed E-state index contributed by atoms with van der Waals surface area (Å²) in [6.45, 7) is -3.32. The Labute approximate surface area is 213 Å². The molecule has 1 heterocycles. The van der Waals surface area contributed by atoms with Gasteiger partial charge in [-0.2, -0.15) is 0 Å². The molecule has 1 aromatic heterocycles. The molecule has 13 heteroatoms. The van der Waals surface area contributed by atoms with Gasteiger partial charge < -0.3 is 35.7 Å². The first-order chi connectivity index (χ1) is 18.3. The predicted octanol–water partition coefficient (Wildman–Crippen LogP) is 2.09. The molecule has 0 radical (unpaired) electrons. The molecule has 12 nitrogen and oxygen atoms in total. The van der Waals surface area contributed by atoms with Crippen LogP contribution >= 0.6 is 11.6 Å². The summed E-state index contributed by atoms with van der Waals surface area (Å²) in [5.41, 5.74) is 1.73. The Kier molecular flexibility index (Phi) is 11.3. The van der Waals surface area contributed by atoms with Gasteiger partial charge in [0.1, 0.15) is 0 Å². The number of aliphatic hydroxyl groups is 1. The molecular weight excluding hydrogens is 486 g/mol. The zero-order chi connectivity index (χ0) is 31.3. The lowest BCUT2D eigenvalue weighted by molar-refractivity contribution is -0.159. The van der Waals surface area contributed by atoms with Crippen molar-refractivity contribution in [1.29, 1.82) is 0 Å². The van der Waals surface area contributed by atoms with E-state index in [1.165, 1.54) is 4.90 Å². The van der Waals surface area contributed by atoms with Crippen LogP contribution in [-0.2, 0) is 19.2 Å². The van der Waals surface area contributed by atoms with E-state index in [0.29, 0.717) is 17.9 Å². The summed E-state index contributed by atoms with van der Waals surface area (Å²) in [5, 5.41) is 43.7. The van der Waals surface area contributed by atoms with Crippen molar-refractivity contribution in [2.75, 3.05) is 31.5 Å². The highest BCUT2D eigenvalue weighted by molar-refractivity contribution is 6.31. The minimum Gasteiger partial charge on any atom is -0.473 e. The molecule has 2 aromatic rings. The lowest BCUT2D eigenvalue weighted by Gasteiger charge is -2.21. The fourth-order valence-electron chi connectivity index (χ4n) is 2.52. The molecule has 0 spiro atoms. The molecular formula is C22H30ClN3O9. The quantitative estimate of drug-likeness (QED) is 0.263. The van der Waals surface area contributed by atoms with Crippen molar-refractivity contribution in [3.63, 3.8) is 0 Å². The number of fused-ring (bicyclic) bond motifs is 1. The van der Waals surface area contributed by atoms with Gasteiger partial charge in [0.15, 0.2) is 0 Å². The van der Waals surface area contributed by atoms with Gasteiger partial charge in [-0.3, -0.25) is 4.98 Å².